The molecule has 0 radical (unpaired) electrons. The minimum absolute atomic E-state index is 0. The van der Waals surface area contributed by atoms with Gasteiger partial charge in [0.25, 0.3) is 0 Å². The SMILES string of the molecule is Cc1cccc(CNC(=O)N2CCN(c3cccc(C)c3C)CC2)c1.Cl. The van der Waals surface area contributed by atoms with Gasteiger partial charge in [0.05, 0.1) is 0 Å². The van der Waals surface area contributed by atoms with Gasteiger partial charge in [-0.2, -0.15) is 0 Å². The molecule has 26 heavy (non-hydrogen) atoms. The van der Waals surface area contributed by atoms with Crippen molar-refractivity contribution in [2.45, 2.75) is 27.3 Å². The zero-order valence-corrected chi connectivity index (χ0v) is 16.6. The summed E-state index contributed by atoms with van der Waals surface area (Å²) in [6, 6.07) is 14.7. The fraction of sp³-hybridized carbons (Fsp3) is 0.381. The average molecular weight is 374 g/mol. The Morgan fingerprint density at radius 2 is 1.69 bits per heavy atom. The van der Waals surface area contributed by atoms with Gasteiger partial charge in [-0.05, 0) is 43.5 Å². The molecule has 5 heteroatoms. The Morgan fingerprint density at radius 3 is 2.38 bits per heavy atom. The van der Waals surface area contributed by atoms with Crippen LogP contribution in [0.1, 0.15) is 22.3 Å². The zero-order chi connectivity index (χ0) is 17.8. The van der Waals surface area contributed by atoms with E-state index in [0.717, 1.165) is 31.7 Å². The van der Waals surface area contributed by atoms with Crippen LogP contribution in [-0.4, -0.2) is 37.1 Å². The van der Waals surface area contributed by atoms with E-state index in [0.29, 0.717) is 6.54 Å². The molecule has 2 amide bonds. The number of carbonyl (C=O) groups is 1. The lowest BCUT2D eigenvalue weighted by Gasteiger charge is -2.37. The van der Waals surface area contributed by atoms with Gasteiger partial charge in [-0.25, -0.2) is 4.79 Å². The summed E-state index contributed by atoms with van der Waals surface area (Å²) in [5, 5.41) is 3.04. The number of halogens is 1. The van der Waals surface area contributed by atoms with Crippen LogP contribution in [0.15, 0.2) is 42.5 Å². The number of rotatable bonds is 3. The molecule has 1 heterocycles. The number of aryl methyl sites for hydroxylation is 2. The van der Waals surface area contributed by atoms with Crippen LogP contribution in [-0.2, 0) is 6.54 Å². The Balaban J connectivity index is 0.00000243. The second kappa shape index (κ2) is 8.95. The highest BCUT2D eigenvalue weighted by atomic mass is 35.5. The maximum Gasteiger partial charge on any atom is 0.317 e. The van der Waals surface area contributed by atoms with E-state index >= 15 is 0 Å². The molecule has 2 aromatic rings. The van der Waals surface area contributed by atoms with E-state index in [1.165, 1.54) is 22.4 Å². The first kappa shape index (κ1) is 20.1. The Bertz CT molecular complexity index is 755. The van der Waals surface area contributed by atoms with E-state index in [9.17, 15) is 4.79 Å². The van der Waals surface area contributed by atoms with Crippen LogP contribution in [0.5, 0.6) is 0 Å². The summed E-state index contributed by atoms with van der Waals surface area (Å²) in [7, 11) is 0. The monoisotopic (exact) mass is 373 g/mol. The summed E-state index contributed by atoms with van der Waals surface area (Å²) in [5.74, 6) is 0. The van der Waals surface area contributed by atoms with Crippen LogP contribution >= 0.6 is 12.4 Å². The number of benzene rings is 2. The minimum atomic E-state index is 0. The Hall–Kier alpha value is -2.20. The maximum absolute atomic E-state index is 12.4. The summed E-state index contributed by atoms with van der Waals surface area (Å²) in [6.07, 6.45) is 0. The molecule has 0 saturated carbocycles. The van der Waals surface area contributed by atoms with Crippen LogP contribution in [0.25, 0.3) is 0 Å². The first-order valence-corrected chi connectivity index (χ1v) is 8.94. The minimum Gasteiger partial charge on any atom is -0.368 e. The van der Waals surface area contributed by atoms with Gasteiger partial charge < -0.3 is 15.1 Å². The Kier molecular flexibility index (Phi) is 6.92. The van der Waals surface area contributed by atoms with Crippen molar-refractivity contribution < 1.29 is 4.79 Å². The standard InChI is InChI=1S/C21H27N3O.ClH/c1-16-6-4-8-19(14-16)15-22-21(25)24-12-10-23(11-13-24)20-9-5-7-17(2)18(20)3;/h4-9,14H,10-13,15H2,1-3H3,(H,22,25);1H. The van der Waals surface area contributed by atoms with Crippen molar-refractivity contribution in [1.29, 1.82) is 0 Å². The molecule has 1 fully saturated rings. The first-order valence-electron chi connectivity index (χ1n) is 8.94. The van der Waals surface area contributed by atoms with Crippen molar-refractivity contribution in [3.63, 3.8) is 0 Å². The van der Waals surface area contributed by atoms with Crippen LogP contribution in [0, 0.1) is 20.8 Å². The molecule has 2 aromatic carbocycles. The van der Waals surface area contributed by atoms with E-state index in [2.05, 4.69) is 61.3 Å². The largest absolute Gasteiger partial charge is 0.368 e. The predicted molar refractivity (Wildman–Crippen MR) is 110 cm³/mol. The summed E-state index contributed by atoms with van der Waals surface area (Å²) in [6.45, 7) is 10.2. The second-order valence-corrected chi connectivity index (χ2v) is 6.84. The van der Waals surface area contributed by atoms with Crippen molar-refractivity contribution in [3.05, 3.63) is 64.7 Å². The maximum atomic E-state index is 12.4. The Labute approximate surface area is 162 Å². The van der Waals surface area contributed by atoms with Crippen molar-refractivity contribution >= 4 is 24.1 Å². The third-order valence-corrected chi connectivity index (χ3v) is 5.01. The molecule has 0 spiro atoms. The molecule has 0 unspecified atom stereocenters. The van der Waals surface area contributed by atoms with Crippen LogP contribution in [0.2, 0.25) is 0 Å². The highest BCUT2D eigenvalue weighted by Crippen LogP contribution is 2.23. The summed E-state index contributed by atoms with van der Waals surface area (Å²) >= 11 is 0. The third-order valence-electron chi connectivity index (χ3n) is 5.01. The zero-order valence-electron chi connectivity index (χ0n) is 15.8. The number of hydrogen-bond donors (Lipinski definition) is 1. The van der Waals surface area contributed by atoms with Crippen molar-refractivity contribution in [1.82, 2.24) is 10.2 Å². The third kappa shape index (κ3) is 4.70. The van der Waals surface area contributed by atoms with Gasteiger partial charge in [-0.15, -0.1) is 12.4 Å². The van der Waals surface area contributed by atoms with Crippen molar-refractivity contribution in [2.24, 2.45) is 0 Å². The van der Waals surface area contributed by atoms with E-state index in [4.69, 9.17) is 0 Å². The molecular weight excluding hydrogens is 346 g/mol. The molecule has 0 aromatic heterocycles. The van der Waals surface area contributed by atoms with Gasteiger partial charge in [0.15, 0.2) is 0 Å². The molecule has 1 aliphatic heterocycles. The number of anilines is 1. The van der Waals surface area contributed by atoms with Crippen LogP contribution < -0.4 is 10.2 Å². The quantitative estimate of drug-likeness (QED) is 0.880. The lowest BCUT2D eigenvalue weighted by atomic mass is 10.1. The lowest BCUT2D eigenvalue weighted by Crippen LogP contribution is -2.51. The predicted octanol–water partition coefficient (Wildman–Crippen LogP) is 4.07. The van der Waals surface area contributed by atoms with E-state index in [1.54, 1.807) is 0 Å². The van der Waals surface area contributed by atoms with Gasteiger partial charge in [0.1, 0.15) is 0 Å². The molecule has 0 aliphatic carbocycles. The molecule has 0 bridgehead atoms. The fourth-order valence-corrected chi connectivity index (χ4v) is 3.34. The van der Waals surface area contributed by atoms with Gasteiger partial charge in [-0.1, -0.05) is 42.0 Å². The number of urea groups is 1. The molecule has 1 aliphatic rings. The molecule has 140 valence electrons. The van der Waals surface area contributed by atoms with Gasteiger partial charge >= 0.3 is 6.03 Å². The molecule has 0 atom stereocenters. The fourth-order valence-electron chi connectivity index (χ4n) is 3.34. The van der Waals surface area contributed by atoms with Gasteiger partial charge in [0, 0.05) is 38.4 Å². The highest BCUT2D eigenvalue weighted by molar-refractivity contribution is 5.85. The highest BCUT2D eigenvalue weighted by Gasteiger charge is 2.22. The molecule has 1 N–H and O–H groups in total. The number of hydrogen-bond acceptors (Lipinski definition) is 2. The van der Waals surface area contributed by atoms with E-state index in [-0.39, 0.29) is 18.4 Å². The number of nitrogens with zero attached hydrogens (tertiary/aromatic N) is 2. The van der Waals surface area contributed by atoms with Crippen LogP contribution in [0.4, 0.5) is 10.5 Å². The van der Waals surface area contributed by atoms with Crippen molar-refractivity contribution in [2.75, 3.05) is 31.1 Å². The second-order valence-electron chi connectivity index (χ2n) is 6.84. The summed E-state index contributed by atoms with van der Waals surface area (Å²) in [5.41, 5.74) is 6.30. The van der Waals surface area contributed by atoms with Gasteiger partial charge in [-0.3, -0.25) is 0 Å². The number of amides is 2. The molecular formula is C21H28ClN3O. The van der Waals surface area contributed by atoms with Gasteiger partial charge in [0.2, 0.25) is 0 Å². The lowest BCUT2D eigenvalue weighted by molar-refractivity contribution is 0.194. The molecule has 3 rings (SSSR count). The molecule has 4 nitrogen and oxygen atoms in total. The van der Waals surface area contributed by atoms with E-state index in [1.807, 2.05) is 17.0 Å². The normalized spacial score (nSPS) is 14.0. The van der Waals surface area contributed by atoms with Crippen LogP contribution in [0.3, 0.4) is 0 Å². The van der Waals surface area contributed by atoms with E-state index < -0.39 is 0 Å². The van der Waals surface area contributed by atoms with Crippen molar-refractivity contribution in [3.8, 4) is 0 Å². The average Bonchev–Trinajstić information content (AvgIpc) is 2.62. The molecule has 1 saturated heterocycles. The number of piperazine rings is 1. The number of carbonyl (C=O) groups excluding carboxylic acids is 1. The first-order chi connectivity index (χ1) is 12.0. The summed E-state index contributed by atoms with van der Waals surface area (Å²) in [4.78, 5) is 16.7. The number of nitrogens with one attached hydrogen (secondary N) is 1. The smallest absolute Gasteiger partial charge is 0.317 e. The summed E-state index contributed by atoms with van der Waals surface area (Å²) < 4.78 is 0. The topological polar surface area (TPSA) is 35.6 Å². The Morgan fingerprint density at radius 1 is 1.00 bits per heavy atom.